The summed E-state index contributed by atoms with van der Waals surface area (Å²) in [5.74, 6) is 0.650. The van der Waals surface area contributed by atoms with Crippen molar-refractivity contribution in [3.63, 3.8) is 0 Å². The molecule has 2 aliphatic carbocycles. The highest BCUT2D eigenvalue weighted by molar-refractivity contribution is 5.76. The first-order valence-corrected chi connectivity index (χ1v) is 8.29. The maximum absolute atomic E-state index is 11.3. The quantitative estimate of drug-likeness (QED) is 0.896. The molecule has 1 saturated carbocycles. The molecule has 1 fully saturated rings. The van der Waals surface area contributed by atoms with E-state index in [0.717, 1.165) is 25.7 Å². The highest BCUT2D eigenvalue weighted by Crippen LogP contribution is 2.38. The SMILES string of the molecule is CC1CCC(NC2CCC(C(N)=O)CC2)c2ccccc21. The number of amides is 1. The van der Waals surface area contributed by atoms with Crippen LogP contribution in [0.1, 0.15) is 68.5 Å². The average molecular weight is 286 g/mol. The van der Waals surface area contributed by atoms with Gasteiger partial charge in [0.1, 0.15) is 0 Å². The minimum atomic E-state index is -0.120. The molecule has 2 aliphatic rings. The summed E-state index contributed by atoms with van der Waals surface area (Å²) in [4.78, 5) is 11.3. The van der Waals surface area contributed by atoms with E-state index in [1.807, 2.05) is 0 Å². The molecule has 0 heterocycles. The molecule has 0 spiro atoms. The van der Waals surface area contributed by atoms with Crippen LogP contribution in [-0.4, -0.2) is 11.9 Å². The lowest BCUT2D eigenvalue weighted by molar-refractivity contribution is -0.122. The van der Waals surface area contributed by atoms with Crippen molar-refractivity contribution in [2.24, 2.45) is 11.7 Å². The highest BCUT2D eigenvalue weighted by Gasteiger charge is 2.29. The number of hydrogen-bond acceptors (Lipinski definition) is 2. The molecule has 0 aliphatic heterocycles. The van der Waals surface area contributed by atoms with E-state index in [2.05, 4.69) is 36.5 Å². The van der Waals surface area contributed by atoms with Crippen molar-refractivity contribution in [1.82, 2.24) is 5.32 Å². The number of hydrogen-bond donors (Lipinski definition) is 2. The summed E-state index contributed by atoms with van der Waals surface area (Å²) < 4.78 is 0. The molecule has 114 valence electrons. The van der Waals surface area contributed by atoms with Crippen LogP contribution in [0.2, 0.25) is 0 Å². The molecular weight excluding hydrogens is 260 g/mol. The summed E-state index contributed by atoms with van der Waals surface area (Å²) in [6.45, 7) is 2.33. The molecule has 0 saturated heterocycles. The predicted octanol–water partition coefficient (Wildman–Crippen LogP) is 3.26. The Morgan fingerprint density at radius 2 is 1.71 bits per heavy atom. The fourth-order valence-corrected chi connectivity index (χ4v) is 4.01. The van der Waals surface area contributed by atoms with E-state index in [1.165, 1.54) is 24.0 Å². The monoisotopic (exact) mass is 286 g/mol. The van der Waals surface area contributed by atoms with Crippen molar-refractivity contribution >= 4 is 5.91 Å². The summed E-state index contributed by atoms with van der Waals surface area (Å²) in [7, 11) is 0. The zero-order valence-corrected chi connectivity index (χ0v) is 12.8. The number of carbonyl (C=O) groups is 1. The standard InChI is InChI=1S/C18H26N2O/c1-12-6-11-17(16-5-3-2-4-15(12)16)20-14-9-7-13(8-10-14)18(19)21/h2-5,12-14,17,20H,6-11H2,1H3,(H2,19,21). The van der Waals surface area contributed by atoms with Crippen molar-refractivity contribution in [2.45, 2.75) is 63.5 Å². The van der Waals surface area contributed by atoms with Gasteiger partial charge in [0.2, 0.25) is 5.91 Å². The average Bonchev–Trinajstić information content (AvgIpc) is 2.51. The van der Waals surface area contributed by atoms with E-state index < -0.39 is 0 Å². The number of carbonyl (C=O) groups excluding carboxylic acids is 1. The van der Waals surface area contributed by atoms with Gasteiger partial charge >= 0.3 is 0 Å². The Hall–Kier alpha value is -1.35. The van der Waals surface area contributed by atoms with Crippen molar-refractivity contribution in [3.05, 3.63) is 35.4 Å². The lowest BCUT2D eigenvalue weighted by Crippen LogP contribution is -2.39. The normalized spacial score (nSPS) is 32.4. The Morgan fingerprint density at radius 3 is 2.38 bits per heavy atom. The molecule has 1 aromatic rings. The molecule has 3 nitrogen and oxygen atoms in total. The van der Waals surface area contributed by atoms with Crippen LogP contribution in [-0.2, 0) is 4.79 Å². The van der Waals surface area contributed by atoms with Crippen LogP contribution in [0.15, 0.2) is 24.3 Å². The zero-order chi connectivity index (χ0) is 14.8. The van der Waals surface area contributed by atoms with Crippen LogP contribution in [0, 0.1) is 5.92 Å². The molecule has 2 atom stereocenters. The van der Waals surface area contributed by atoms with Crippen LogP contribution in [0.4, 0.5) is 0 Å². The highest BCUT2D eigenvalue weighted by atomic mass is 16.1. The maximum atomic E-state index is 11.3. The van der Waals surface area contributed by atoms with Gasteiger partial charge in [0, 0.05) is 18.0 Å². The van der Waals surface area contributed by atoms with Crippen molar-refractivity contribution < 1.29 is 4.79 Å². The Kier molecular flexibility index (Phi) is 4.29. The van der Waals surface area contributed by atoms with Gasteiger partial charge in [0.15, 0.2) is 0 Å². The minimum absolute atomic E-state index is 0.0988. The Balaban J connectivity index is 1.64. The fraction of sp³-hybridized carbons (Fsp3) is 0.611. The van der Waals surface area contributed by atoms with Gasteiger partial charge in [0.25, 0.3) is 0 Å². The summed E-state index contributed by atoms with van der Waals surface area (Å²) in [5, 5.41) is 3.84. The van der Waals surface area contributed by atoms with E-state index >= 15 is 0 Å². The Morgan fingerprint density at radius 1 is 1.05 bits per heavy atom. The topological polar surface area (TPSA) is 55.1 Å². The molecule has 3 N–H and O–H groups in total. The van der Waals surface area contributed by atoms with Gasteiger partial charge in [0.05, 0.1) is 0 Å². The van der Waals surface area contributed by atoms with Gasteiger partial charge in [-0.05, 0) is 55.6 Å². The first kappa shape index (κ1) is 14.6. The third-order valence-corrected chi connectivity index (χ3v) is 5.36. The van der Waals surface area contributed by atoms with Gasteiger partial charge in [-0.15, -0.1) is 0 Å². The number of nitrogens with two attached hydrogens (primary N) is 1. The van der Waals surface area contributed by atoms with Gasteiger partial charge in [-0.1, -0.05) is 31.2 Å². The smallest absolute Gasteiger partial charge is 0.220 e. The van der Waals surface area contributed by atoms with Crippen LogP contribution in [0.3, 0.4) is 0 Å². The molecular formula is C18H26N2O. The van der Waals surface area contributed by atoms with E-state index in [-0.39, 0.29) is 11.8 Å². The summed E-state index contributed by atoms with van der Waals surface area (Å²) in [6.07, 6.45) is 6.50. The first-order valence-electron chi connectivity index (χ1n) is 8.29. The summed E-state index contributed by atoms with van der Waals surface area (Å²) >= 11 is 0. The molecule has 3 heteroatoms. The molecule has 21 heavy (non-hydrogen) atoms. The van der Waals surface area contributed by atoms with E-state index in [1.54, 1.807) is 0 Å². The molecule has 1 aromatic carbocycles. The van der Waals surface area contributed by atoms with Crippen LogP contribution in [0.25, 0.3) is 0 Å². The minimum Gasteiger partial charge on any atom is -0.369 e. The van der Waals surface area contributed by atoms with Crippen LogP contribution >= 0.6 is 0 Å². The molecule has 0 radical (unpaired) electrons. The Bertz CT molecular complexity index is 506. The van der Waals surface area contributed by atoms with Gasteiger partial charge in [-0.3, -0.25) is 4.79 Å². The van der Waals surface area contributed by atoms with Crippen LogP contribution < -0.4 is 11.1 Å². The first-order chi connectivity index (χ1) is 10.1. The van der Waals surface area contributed by atoms with E-state index in [0.29, 0.717) is 18.0 Å². The number of rotatable bonds is 3. The van der Waals surface area contributed by atoms with Gasteiger partial charge < -0.3 is 11.1 Å². The number of nitrogens with one attached hydrogen (secondary N) is 1. The fourth-order valence-electron chi connectivity index (χ4n) is 4.01. The van der Waals surface area contributed by atoms with Crippen molar-refractivity contribution in [1.29, 1.82) is 0 Å². The summed E-state index contributed by atoms with van der Waals surface area (Å²) in [6, 6.07) is 9.86. The molecule has 2 unspecified atom stereocenters. The second-order valence-electron chi connectivity index (χ2n) is 6.78. The van der Waals surface area contributed by atoms with Gasteiger partial charge in [-0.2, -0.15) is 0 Å². The number of primary amides is 1. The van der Waals surface area contributed by atoms with Crippen molar-refractivity contribution in [2.75, 3.05) is 0 Å². The predicted molar refractivity (Wildman–Crippen MR) is 84.9 cm³/mol. The van der Waals surface area contributed by atoms with E-state index in [4.69, 9.17) is 5.73 Å². The largest absolute Gasteiger partial charge is 0.369 e. The Labute approximate surface area is 127 Å². The third kappa shape index (κ3) is 3.13. The summed E-state index contributed by atoms with van der Waals surface area (Å²) in [5.41, 5.74) is 8.40. The second kappa shape index (κ2) is 6.18. The molecule has 0 aromatic heterocycles. The van der Waals surface area contributed by atoms with Crippen LogP contribution in [0.5, 0.6) is 0 Å². The van der Waals surface area contributed by atoms with E-state index in [9.17, 15) is 4.79 Å². The maximum Gasteiger partial charge on any atom is 0.220 e. The molecule has 3 rings (SSSR count). The third-order valence-electron chi connectivity index (χ3n) is 5.36. The lowest BCUT2D eigenvalue weighted by Gasteiger charge is -2.35. The molecule has 1 amide bonds. The zero-order valence-electron chi connectivity index (χ0n) is 12.8. The van der Waals surface area contributed by atoms with Crippen molar-refractivity contribution in [3.8, 4) is 0 Å². The number of benzene rings is 1. The van der Waals surface area contributed by atoms with Gasteiger partial charge in [-0.25, -0.2) is 0 Å². The number of fused-ring (bicyclic) bond motifs is 1. The molecule has 0 bridgehead atoms. The second-order valence-corrected chi connectivity index (χ2v) is 6.78. The lowest BCUT2D eigenvalue weighted by atomic mass is 9.79.